The molecule has 2 amide bonds. The quantitative estimate of drug-likeness (QED) is 0.453. The van der Waals surface area contributed by atoms with Crippen molar-refractivity contribution in [1.29, 1.82) is 0 Å². The summed E-state index contributed by atoms with van der Waals surface area (Å²) in [5.74, 6) is -0.346. The van der Waals surface area contributed by atoms with Crippen LogP contribution in [0.5, 0.6) is 5.75 Å². The minimum Gasteiger partial charge on any atom is -0.492 e. The molecule has 0 unspecified atom stereocenters. The lowest BCUT2D eigenvalue weighted by molar-refractivity contribution is -0.139. The zero-order chi connectivity index (χ0) is 26.0. The predicted octanol–water partition coefficient (Wildman–Crippen LogP) is 3.23. The summed E-state index contributed by atoms with van der Waals surface area (Å²) in [6.07, 6.45) is 1.99. The Morgan fingerprint density at radius 3 is 2.20 bits per heavy atom. The molecule has 0 radical (unpaired) electrons. The average Bonchev–Trinajstić information content (AvgIpc) is 2.80. The number of carbonyl (C=O) groups is 2. The maximum Gasteiger partial charge on any atom is 0.244 e. The van der Waals surface area contributed by atoms with Gasteiger partial charge >= 0.3 is 0 Å². The number of hydrogen-bond acceptors (Lipinski definition) is 5. The van der Waals surface area contributed by atoms with Crippen molar-refractivity contribution >= 4 is 27.5 Å². The third-order valence-corrected chi connectivity index (χ3v) is 6.54. The van der Waals surface area contributed by atoms with Gasteiger partial charge in [0.05, 0.1) is 18.6 Å². The Labute approximate surface area is 209 Å². The Bertz CT molecular complexity index is 1070. The largest absolute Gasteiger partial charge is 0.492 e. The van der Waals surface area contributed by atoms with Crippen molar-refractivity contribution in [2.24, 2.45) is 0 Å². The fourth-order valence-electron chi connectivity index (χ4n) is 3.81. The summed E-state index contributed by atoms with van der Waals surface area (Å²) in [6.45, 7) is 7.54. The monoisotopic (exact) mass is 503 g/mol. The summed E-state index contributed by atoms with van der Waals surface area (Å²) in [7, 11) is -3.82. The second-order valence-corrected chi connectivity index (χ2v) is 10.5. The van der Waals surface area contributed by atoms with E-state index in [1.807, 2.05) is 51.1 Å². The number of ether oxygens (including phenoxy) is 1. The summed E-state index contributed by atoms with van der Waals surface area (Å²) >= 11 is 0. The number of rotatable bonds is 13. The van der Waals surface area contributed by atoms with Gasteiger partial charge in [-0.15, -0.1) is 0 Å². The first kappa shape index (κ1) is 28.2. The number of sulfonamides is 1. The van der Waals surface area contributed by atoms with Gasteiger partial charge in [0.1, 0.15) is 18.3 Å². The van der Waals surface area contributed by atoms with E-state index < -0.39 is 28.5 Å². The van der Waals surface area contributed by atoms with Crippen LogP contribution in [-0.2, 0) is 26.0 Å². The van der Waals surface area contributed by atoms with E-state index in [2.05, 4.69) is 5.32 Å². The number of carbonyl (C=O) groups excluding carboxylic acids is 2. The van der Waals surface area contributed by atoms with Crippen LogP contribution < -0.4 is 14.4 Å². The van der Waals surface area contributed by atoms with Gasteiger partial charge < -0.3 is 15.0 Å². The van der Waals surface area contributed by atoms with Crippen molar-refractivity contribution in [3.05, 3.63) is 60.2 Å². The molecule has 0 aromatic heterocycles. The summed E-state index contributed by atoms with van der Waals surface area (Å²) in [5.41, 5.74) is 1.30. The Morgan fingerprint density at radius 1 is 1.00 bits per heavy atom. The van der Waals surface area contributed by atoms with E-state index in [-0.39, 0.29) is 24.2 Å². The van der Waals surface area contributed by atoms with Gasteiger partial charge in [0.2, 0.25) is 21.8 Å². The first-order valence-corrected chi connectivity index (χ1v) is 13.8. The van der Waals surface area contributed by atoms with Crippen LogP contribution in [0, 0.1) is 0 Å². The van der Waals surface area contributed by atoms with E-state index >= 15 is 0 Å². The molecular weight excluding hydrogens is 466 g/mol. The van der Waals surface area contributed by atoms with Crippen LogP contribution in [0.4, 0.5) is 5.69 Å². The topological polar surface area (TPSA) is 96.0 Å². The molecular formula is C26H37N3O5S. The van der Waals surface area contributed by atoms with E-state index in [4.69, 9.17) is 4.74 Å². The summed E-state index contributed by atoms with van der Waals surface area (Å²) in [4.78, 5) is 28.1. The molecule has 0 aliphatic heterocycles. The summed E-state index contributed by atoms with van der Waals surface area (Å²) < 4.78 is 32.2. The minimum atomic E-state index is -3.82. The van der Waals surface area contributed by atoms with E-state index in [0.29, 0.717) is 25.2 Å². The van der Waals surface area contributed by atoms with Crippen molar-refractivity contribution in [3.8, 4) is 5.75 Å². The maximum atomic E-state index is 13.7. The zero-order valence-electron chi connectivity index (χ0n) is 21.2. The Hall–Kier alpha value is -3.07. The van der Waals surface area contributed by atoms with Crippen LogP contribution in [0.25, 0.3) is 0 Å². The Kier molecular flexibility index (Phi) is 10.6. The van der Waals surface area contributed by atoms with Crippen molar-refractivity contribution in [2.45, 2.75) is 52.6 Å². The number of anilines is 1. The van der Waals surface area contributed by atoms with Crippen molar-refractivity contribution in [3.63, 3.8) is 0 Å². The summed E-state index contributed by atoms with van der Waals surface area (Å²) in [6, 6.07) is 15.6. The van der Waals surface area contributed by atoms with Crippen LogP contribution in [0.15, 0.2) is 54.6 Å². The Morgan fingerprint density at radius 2 is 1.63 bits per heavy atom. The van der Waals surface area contributed by atoms with E-state index in [9.17, 15) is 18.0 Å². The lowest BCUT2D eigenvalue weighted by atomic mass is 10.1. The Balaban J connectivity index is 2.41. The predicted molar refractivity (Wildman–Crippen MR) is 139 cm³/mol. The molecule has 35 heavy (non-hydrogen) atoms. The first-order valence-electron chi connectivity index (χ1n) is 11.9. The van der Waals surface area contributed by atoms with Crippen molar-refractivity contribution in [2.75, 3.05) is 30.3 Å². The fourth-order valence-corrected chi connectivity index (χ4v) is 4.67. The highest BCUT2D eigenvalue weighted by atomic mass is 32.2. The highest BCUT2D eigenvalue weighted by molar-refractivity contribution is 7.92. The van der Waals surface area contributed by atoms with Crippen LogP contribution in [0.1, 0.15) is 39.7 Å². The lowest BCUT2D eigenvalue weighted by Gasteiger charge is -2.33. The molecule has 0 aliphatic rings. The number of para-hydroxylation sites is 2. The molecule has 0 spiro atoms. The highest BCUT2D eigenvalue weighted by Gasteiger charge is 2.32. The van der Waals surface area contributed by atoms with E-state index in [0.717, 1.165) is 16.1 Å². The zero-order valence-corrected chi connectivity index (χ0v) is 22.0. The number of hydrogen-bond donors (Lipinski definition) is 1. The second-order valence-electron chi connectivity index (χ2n) is 8.58. The van der Waals surface area contributed by atoms with Gasteiger partial charge in [-0.3, -0.25) is 13.9 Å². The number of nitrogens with one attached hydrogen (secondary N) is 1. The molecule has 1 atom stereocenters. The smallest absolute Gasteiger partial charge is 0.244 e. The van der Waals surface area contributed by atoms with Gasteiger partial charge in [0, 0.05) is 12.6 Å². The van der Waals surface area contributed by atoms with Gasteiger partial charge in [0.25, 0.3) is 0 Å². The summed E-state index contributed by atoms with van der Waals surface area (Å²) in [5, 5.41) is 2.88. The van der Waals surface area contributed by atoms with Crippen LogP contribution in [0.2, 0.25) is 0 Å². The van der Waals surface area contributed by atoms with Gasteiger partial charge in [-0.05, 0) is 51.3 Å². The van der Waals surface area contributed by atoms with Gasteiger partial charge in [-0.2, -0.15) is 0 Å². The maximum absolute atomic E-state index is 13.7. The second kappa shape index (κ2) is 13.1. The standard InChI is InChI=1S/C26H37N3O5S/c1-6-22(26(31)27-20(3)4)28(18-17-21-13-9-8-10-14-21)25(30)19-29(35(5,32)33)23-15-11-12-16-24(23)34-7-2/h8-16,20,22H,6-7,17-19H2,1-5H3,(H,27,31)/t22-/m1/s1. The van der Waals surface area contributed by atoms with Crippen molar-refractivity contribution in [1.82, 2.24) is 10.2 Å². The average molecular weight is 504 g/mol. The molecule has 2 aromatic carbocycles. The molecule has 192 valence electrons. The van der Waals surface area contributed by atoms with Crippen LogP contribution in [-0.4, -0.2) is 63.2 Å². The molecule has 0 aliphatic carbocycles. The third-order valence-electron chi connectivity index (χ3n) is 5.41. The number of benzene rings is 2. The molecule has 0 bridgehead atoms. The molecule has 2 rings (SSSR count). The molecule has 8 nitrogen and oxygen atoms in total. The molecule has 1 N–H and O–H groups in total. The van der Waals surface area contributed by atoms with Crippen LogP contribution in [0.3, 0.4) is 0 Å². The normalized spacial score (nSPS) is 12.2. The first-order chi connectivity index (χ1) is 16.6. The van der Waals surface area contributed by atoms with E-state index in [1.165, 1.54) is 4.90 Å². The SMILES string of the molecule is CCOc1ccccc1N(CC(=O)N(CCc1ccccc1)[C@H](CC)C(=O)NC(C)C)S(C)(=O)=O. The highest BCUT2D eigenvalue weighted by Crippen LogP contribution is 2.30. The number of nitrogens with zero attached hydrogens (tertiary/aromatic N) is 2. The molecule has 0 fully saturated rings. The molecule has 9 heteroatoms. The van der Waals surface area contributed by atoms with Gasteiger partial charge in [-0.1, -0.05) is 49.4 Å². The van der Waals surface area contributed by atoms with Crippen molar-refractivity contribution < 1.29 is 22.7 Å². The fraction of sp³-hybridized carbons (Fsp3) is 0.462. The van der Waals surface area contributed by atoms with Crippen LogP contribution >= 0.6 is 0 Å². The molecule has 0 heterocycles. The third kappa shape index (κ3) is 8.28. The van der Waals surface area contributed by atoms with Gasteiger partial charge in [-0.25, -0.2) is 8.42 Å². The minimum absolute atomic E-state index is 0.0896. The van der Waals surface area contributed by atoms with E-state index in [1.54, 1.807) is 31.2 Å². The molecule has 2 aromatic rings. The lowest BCUT2D eigenvalue weighted by Crippen LogP contribution is -2.54. The van der Waals surface area contributed by atoms with Gasteiger partial charge in [0.15, 0.2) is 0 Å². The molecule has 0 saturated carbocycles. The molecule has 0 saturated heterocycles. The number of amides is 2.